The molecule has 0 amide bonds. The summed E-state index contributed by atoms with van der Waals surface area (Å²) in [5.74, 6) is 1.71. The maximum absolute atomic E-state index is 3.72. The van der Waals surface area contributed by atoms with Crippen LogP contribution in [-0.4, -0.2) is 19.1 Å². The van der Waals surface area contributed by atoms with Gasteiger partial charge in [-0.05, 0) is 36.3 Å². The second kappa shape index (κ2) is 4.69. The molecule has 1 fully saturated rings. The van der Waals surface area contributed by atoms with Gasteiger partial charge in [0.1, 0.15) is 0 Å². The Kier molecular flexibility index (Phi) is 3.06. The largest absolute Gasteiger partial charge is 0.384 e. The van der Waals surface area contributed by atoms with Crippen molar-refractivity contribution >= 4 is 5.69 Å². The van der Waals surface area contributed by atoms with E-state index in [9.17, 15) is 0 Å². The van der Waals surface area contributed by atoms with Crippen LogP contribution in [0.5, 0.6) is 0 Å². The summed E-state index contributed by atoms with van der Waals surface area (Å²) < 4.78 is 0. The molecule has 1 aliphatic carbocycles. The monoisotopic (exact) mass is 230 g/mol. The molecule has 0 bridgehead atoms. The normalized spacial score (nSPS) is 30.5. The van der Waals surface area contributed by atoms with Gasteiger partial charge in [-0.1, -0.05) is 31.5 Å². The Morgan fingerprint density at radius 1 is 1.35 bits per heavy atom. The lowest BCUT2D eigenvalue weighted by atomic mass is 9.94. The van der Waals surface area contributed by atoms with Gasteiger partial charge in [0, 0.05) is 24.8 Å². The summed E-state index contributed by atoms with van der Waals surface area (Å²) in [6.07, 6.45) is 3.95. The molecular formula is C15H22N2. The van der Waals surface area contributed by atoms with Crippen LogP contribution in [0.3, 0.4) is 0 Å². The zero-order valence-electron chi connectivity index (χ0n) is 10.6. The summed E-state index contributed by atoms with van der Waals surface area (Å²) in [7, 11) is 0. The summed E-state index contributed by atoms with van der Waals surface area (Å²) in [5, 5.41) is 7.26. The Morgan fingerprint density at radius 2 is 2.24 bits per heavy atom. The van der Waals surface area contributed by atoms with Crippen molar-refractivity contribution < 1.29 is 0 Å². The number of rotatable bonds is 4. The van der Waals surface area contributed by atoms with Crippen molar-refractivity contribution in [1.29, 1.82) is 0 Å². The van der Waals surface area contributed by atoms with Crippen LogP contribution in [0.2, 0.25) is 0 Å². The predicted octanol–water partition coefficient (Wildman–Crippen LogP) is 2.66. The maximum atomic E-state index is 3.72. The summed E-state index contributed by atoms with van der Waals surface area (Å²) in [6.45, 7) is 4.58. The Balaban J connectivity index is 1.51. The first-order valence-electron chi connectivity index (χ1n) is 6.92. The Hall–Kier alpha value is -1.02. The molecule has 17 heavy (non-hydrogen) atoms. The summed E-state index contributed by atoms with van der Waals surface area (Å²) >= 11 is 0. The molecule has 0 saturated heterocycles. The fraction of sp³-hybridized carbons (Fsp3) is 0.600. The highest BCUT2D eigenvalue weighted by molar-refractivity contribution is 5.53. The van der Waals surface area contributed by atoms with Gasteiger partial charge in [0.15, 0.2) is 0 Å². The van der Waals surface area contributed by atoms with E-state index < -0.39 is 0 Å². The third-order valence-corrected chi connectivity index (χ3v) is 4.22. The molecule has 2 aliphatic rings. The summed E-state index contributed by atoms with van der Waals surface area (Å²) in [5.41, 5.74) is 2.81. The molecule has 3 unspecified atom stereocenters. The van der Waals surface area contributed by atoms with Crippen molar-refractivity contribution in [3.8, 4) is 0 Å². The van der Waals surface area contributed by atoms with Crippen molar-refractivity contribution in [2.75, 3.05) is 18.4 Å². The molecular weight excluding hydrogens is 208 g/mol. The lowest BCUT2D eigenvalue weighted by molar-refractivity contribution is 0.472. The number of hydrogen-bond acceptors (Lipinski definition) is 2. The molecule has 2 heteroatoms. The molecule has 2 nitrogen and oxygen atoms in total. The van der Waals surface area contributed by atoms with Crippen LogP contribution in [0.4, 0.5) is 5.69 Å². The van der Waals surface area contributed by atoms with E-state index in [1.807, 2.05) is 0 Å². The molecule has 3 rings (SSSR count). The van der Waals surface area contributed by atoms with Gasteiger partial charge < -0.3 is 10.6 Å². The first-order valence-corrected chi connectivity index (χ1v) is 6.92. The lowest BCUT2D eigenvalue weighted by Gasteiger charge is -2.26. The van der Waals surface area contributed by atoms with Crippen LogP contribution in [0.15, 0.2) is 24.3 Å². The van der Waals surface area contributed by atoms with Gasteiger partial charge in [-0.25, -0.2) is 0 Å². The highest BCUT2D eigenvalue weighted by Crippen LogP contribution is 2.33. The number of anilines is 1. The molecule has 0 radical (unpaired) electrons. The average molecular weight is 230 g/mol. The van der Waals surface area contributed by atoms with E-state index in [2.05, 4.69) is 41.8 Å². The number of nitrogens with one attached hydrogen (secondary N) is 2. The molecule has 0 spiro atoms. The molecule has 92 valence electrons. The first-order chi connectivity index (χ1) is 8.36. The van der Waals surface area contributed by atoms with Crippen LogP contribution < -0.4 is 10.6 Å². The maximum Gasteiger partial charge on any atom is 0.0372 e. The Bertz CT molecular complexity index is 388. The van der Waals surface area contributed by atoms with Gasteiger partial charge in [0.25, 0.3) is 0 Å². The smallest absolute Gasteiger partial charge is 0.0372 e. The van der Waals surface area contributed by atoms with Crippen molar-refractivity contribution in [2.45, 2.75) is 32.2 Å². The van der Waals surface area contributed by atoms with E-state index in [1.165, 1.54) is 37.1 Å². The molecule has 1 heterocycles. The summed E-state index contributed by atoms with van der Waals surface area (Å²) in [6, 6.07) is 9.51. The SMILES string of the molecule is CCC1CC1NCC1CNc2ccccc2C1. The topological polar surface area (TPSA) is 24.1 Å². The first kappa shape index (κ1) is 11.1. The predicted molar refractivity (Wildman–Crippen MR) is 72.3 cm³/mol. The zero-order chi connectivity index (χ0) is 11.7. The number of fused-ring (bicyclic) bond motifs is 1. The van der Waals surface area contributed by atoms with E-state index in [0.29, 0.717) is 0 Å². The van der Waals surface area contributed by atoms with Crippen molar-refractivity contribution in [3.05, 3.63) is 29.8 Å². The minimum absolute atomic E-state index is 0.753. The number of benzene rings is 1. The molecule has 1 aliphatic heterocycles. The third-order valence-electron chi connectivity index (χ3n) is 4.22. The molecule has 1 aromatic rings. The van der Waals surface area contributed by atoms with E-state index in [4.69, 9.17) is 0 Å². The van der Waals surface area contributed by atoms with Gasteiger partial charge >= 0.3 is 0 Å². The molecule has 3 atom stereocenters. The highest BCUT2D eigenvalue weighted by atomic mass is 15.0. The van der Waals surface area contributed by atoms with E-state index in [-0.39, 0.29) is 0 Å². The van der Waals surface area contributed by atoms with E-state index >= 15 is 0 Å². The van der Waals surface area contributed by atoms with E-state index in [1.54, 1.807) is 0 Å². The van der Waals surface area contributed by atoms with Gasteiger partial charge in [-0.15, -0.1) is 0 Å². The standard InChI is InChI=1S/C15H22N2/c1-2-12-8-15(12)17-10-11-7-13-5-3-4-6-14(13)16-9-11/h3-6,11-12,15-17H,2,7-10H2,1H3. The minimum atomic E-state index is 0.753. The van der Waals surface area contributed by atoms with Gasteiger partial charge in [-0.2, -0.15) is 0 Å². The van der Waals surface area contributed by atoms with Crippen LogP contribution in [0.25, 0.3) is 0 Å². The van der Waals surface area contributed by atoms with E-state index in [0.717, 1.165) is 24.4 Å². The summed E-state index contributed by atoms with van der Waals surface area (Å²) in [4.78, 5) is 0. The Morgan fingerprint density at radius 3 is 3.06 bits per heavy atom. The quantitative estimate of drug-likeness (QED) is 0.831. The number of hydrogen-bond donors (Lipinski definition) is 2. The minimum Gasteiger partial charge on any atom is -0.384 e. The molecule has 2 N–H and O–H groups in total. The fourth-order valence-corrected chi connectivity index (χ4v) is 2.92. The third kappa shape index (κ3) is 2.47. The van der Waals surface area contributed by atoms with Crippen LogP contribution in [-0.2, 0) is 6.42 Å². The van der Waals surface area contributed by atoms with Gasteiger partial charge in [0.2, 0.25) is 0 Å². The fourth-order valence-electron chi connectivity index (χ4n) is 2.92. The lowest BCUT2D eigenvalue weighted by Crippen LogP contribution is -2.33. The average Bonchev–Trinajstić information content (AvgIpc) is 3.15. The van der Waals surface area contributed by atoms with Crippen LogP contribution in [0, 0.1) is 11.8 Å². The van der Waals surface area contributed by atoms with Gasteiger partial charge in [-0.3, -0.25) is 0 Å². The Labute approximate surface area is 104 Å². The van der Waals surface area contributed by atoms with Crippen molar-refractivity contribution in [3.63, 3.8) is 0 Å². The molecule has 1 saturated carbocycles. The molecule has 0 aromatic heterocycles. The zero-order valence-corrected chi connectivity index (χ0v) is 10.6. The van der Waals surface area contributed by atoms with Crippen molar-refractivity contribution in [1.82, 2.24) is 5.32 Å². The van der Waals surface area contributed by atoms with Crippen LogP contribution >= 0.6 is 0 Å². The van der Waals surface area contributed by atoms with Crippen molar-refractivity contribution in [2.24, 2.45) is 11.8 Å². The second-order valence-electron chi connectivity index (χ2n) is 5.53. The molecule has 1 aromatic carbocycles. The van der Waals surface area contributed by atoms with Gasteiger partial charge in [0.05, 0.1) is 0 Å². The highest BCUT2D eigenvalue weighted by Gasteiger charge is 2.35. The second-order valence-corrected chi connectivity index (χ2v) is 5.53. The number of para-hydroxylation sites is 1. The van der Waals surface area contributed by atoms with Crippen LogP contribution in [0.1, 0.15) is 25.3 Å².